The molecule has 0 bridgehead atoms. The summed E-state index contributed by atoms with van der Waals surface area (Å²) in [6.45, 7) is 7.78. The SMILES string of the molecule is Cc1ccccc1C[NH+]1CCN(C(=O)c2ccc(C)c(S(N)(=O)=O)c2)CC1. The first-order valence-electron chi connectivity index (χ1n) is 9.06. The van der Waals surface area contributed by atoms with E-state index in [-0.39, 0.29) is 10.8 Å². The molecular formula is C20H26N3O3S+. The van der Waals surface area contributed by atoms with Crippen LogP contribution in [-0.2, 0) is 16.6 Å². The molecule has 0 unspecified atom stereocenters. The van der Waals surface area contributed by atoms with Gasteiger partial charge in [0.05, 0.1) is 31.1 Å². The molecule has 3 N–H and O–H groups in total. The maximum atomic E-state index is 12.8. The molecule has 27 heavy (non-hydrogen) atoms. The molecule has 2 aromatic carbocycles. The van der Waals surface area contributed by atoms with Gasteiger partial charge in [-0.3, -0.25) is 4.79 Å². The average Bonchev–Trinajstić information content (AvgIpc) is 2.63. The lowest BCUT2D eigenvalue weighted by atomic mass is 10.1. The van der Waals surface area contributed by atoms with Gasteiger partial charge in [-0.25, -0.2) is 13.6 Å². The van der Waals surface area contributed by atoms with Crippen molar-refractivity contribution in [2.75, 3.05) is 26.2 Å². The van der Waals surface area contributed by atoms with Gasteiger partial charge in [0.25, 0.3) is 5.91 Å². The van der Waals surface area contributed by atoms with Crippen LogP contribution in [0.4, 0.5) is 0 Å². The second kappa shape index (κ2) is 7.80. The maximum Gasteiger partial charge on any atom is 0.254 e. The number of carbonyl (C=O) groups is 1. The molecule has 1 aliphatic heterocycles. The van der Waals surface area contributed by atoms with Gasteiger partial charge in [-0.1, -0.05) is 30.3 Å². The number of piperazine rings is 1. The Balaban J connectivity index is 1.66. The summed E-state index contributed by atoms with van der Waals surface area (Å²) in [6.07, 6.45) is 0. The summed E-state index contributed by atoms with van der Waals surface area (Å²) in [5.41, 5.74) is 3.54. The lowest BCUT2D eigenvalue weighted by molar-refractivity contribution is -0.917. The first kappa shape index (κ1) is 19.5. The van der Waals surface area contributed by atoms with Crippen LogP contribution in [0, 0.1) is 13.8 Å². The Morgan fingerprint density at radius 1 is 1.07 bits per heavy atom. The van der Waals surface area contributed by atoms with E-state index in [1.165, 1.54) is 22.1 Å². The standard InChI is InChI=1S/C20H25N3O3S/c1-15-5-3-4-6-18(15)14-22-9-11-23(12-10-22)20(24)17-8-7-16(2)19(13-17)27(21,25)26/h3-8,13H,9-12,14H2,1-2H3,(H2,21,25,26)/p+1. The summed E-state index contributed by atoms with van der Waals surface area (Å²) < 4.78 is 23.4. The zero-order valence-corrected chi connectivity index (χ0v) is 16.6. The molecule has 1 amide bonds. The van der Waals surface area contributed by atoms with Gasteiger partial charge in [-0.15, -0.1) is 0 Å². The van der Waals surface area contributed by atoms with Crippen LogP contribution in [0.3, 0.4) is 0 Å². The van der Waals surface area contributed by atoms with Crippen LogP contribution in [0.1, 0.15) is 27.0 Å². The van der Waals surface area contributed by atoms with Gasteiger partial charge in [-0.05, 0) is 37.1 Å². The Morgan fingerprint density at radius 3 is 2.37 bits per heavy atom. The highest BCUT2D eigenvalue weighted by Crippen LogP contribution is 2.17. The highest BCUT2D eigenvalue weighted by atomic mass is 32.2. The molecule has 6 nitrogen and oxygen atoms in total. The minimum absolute atomic E-state index is 0.0113. The van der Waals surface area contributed by atoms with Gasteiger partial charge in [-0.2, -0.15) is 0 Å². The summed E-state index contributed by atoms with van der Waals surface area (Å²) in [5, 5.41) is 5.25. The third kappa shape index (κ3) is 4.55. The quantitative estimate of drug-likeness (QED) is 0.800. The van der Waals surface area contributed by atoms with Crippen LogP contribution in [0.5, 0.6) is 0 Å². The predicted octanol–water partition coefficient (Wildman–Crippen LogP) is 0.492. The molecule has 0 saturated carbocycles. The number of nitrogens with one attached hydrogen (secondary N) is 1. The van der Waals surface area contributed by atoms with Crippen molar-refractivity contribution in [1.29, 1.82) is 0 Å². The lowest BCUT2D eigenvalue weighted by Gasteiger charge is -2.32. The van der Waals surface area contributed by atoms with E-state index in [1.54, 1.807) is 24.0 Å². The van der Waals surface area contributed by atoms with E-state index in [0.29, 0.717) is 24.2 Å². The van der Waals surface area contributed by atoms with Gasteiger partial charge < -0.3 is 9.80 Å². The second-order valence-electron chi connectivity index (χ2n) is 7.17. The van der Waals surface area contributed by atoms with E-state index in [2.05, 4.69) is 25.1 Å². The second-order valence-corrected chi connectivity index (χ2v) is 8.70. The van der Waals surface area contributed by atoms with Gasteiger partial charge in [0.2, 0.25) is 10.0 Å². The average molecular weight is 389 g/mol. The van der Waals surface area contributed by atoms with E-state index in [1.807, 2.05) is 6.07 Å². The molecule has 1 heterocycles. The molecule has 0 aliphatic carbocycles. The summed E-state index contributed by atoms with van der Waals surface area (Å²) in [5.74, 6) is -0.144. The van der Waals surface area contributed by atoms with Crippen molar-refractivity contribution in [2.24, 2.45) is 5.14 Å². The van der Waals surface area contributed by atoms with Gasteiger partial charge >= 0.3 is 0 Å². The Labute approximate surface area is 160 Å². The normalized spacial score (nSPS) is 15.7. The number of amides is 1. The molecular weight excluding hydrogens is 362 g/mol. The molecule has 0 spiro atoms. The lowest BCUT2D eigenvalue weighted by Crippen LogP contribution is -3.13. The van der Waals surface area contributed by atoms with Gasteiger partial charge in [0, 0.05) is 11.1 Å². The Morgan fingerprint density at radius 2 is 1.74 bits per heavy atom. The summed E-state index contributed by atoms with van der Waals surface area (Å²) in [6, 6.07) is 13.1. The fraction of sp³-hybridized carbons (Fsp3) is 0.350. The minimum atomic E-state index is -3.84. The number of hydrogen-bond donors (Lipinski definition) is 2. The summed E-state index contributed by atoms with van der Waals surface area (Å²) >= 11 is 0. The number of aryl methyl sites for hydroxylation is 2. The van der Waals surface area contributed by atoms with Crippen LogP contribution in [0.15, 0.2) is 47.4 Å². The highest BCUT2D eigenvalue weighted by Gasteiger charge is 2.26. The fourth-order valence-corrected chi connectivity index (χ4v) is 4.31. The van der Waals surface area contributed by atoms with E-state index in [4.69, 9.17) is 5.14 Å². The first-order valence-corrected chi connectivity index (χ1v) is 10.6. The topological polar surface area (TPSA) is 84.9 Å². The van der Waals surface area contributed by atoms with Gasteiger partial charge in [0.15, 0.2) is 0 Å². The zero-order valence-electron chi connectivity index (χ0n) is 15.7. The number of quaternary nitrogens is 1. The van der Waals surface area contributed by atoms with Crippen LogP contribution in [0.2, 0.25) is 0 Å². The van der Waals surface area contributed by atoms with Crippen LogP contribution < -0.4 is 10.0 Å². The smallest absolute Gasteiger partial charge is 0.254 e. The van der Waals surface area contributed by atoms with Crippen molar-refractivity contribution in [1.82, 2.24) is 4.90 Å². The zero-order chi connectivity index (χ0) is 19.6. The van der Waals surface area contributed by atoms with Crippen LogP contribution >= 0.6 is 0 Å². The number of primary sulfonamides is 1. The maximum absolute atomic E-state index is 12.8. The van der Waals surface area contributed by atoms with E-state index >= 15 is 0 Å². The van der Waals surface area contributed by atoms with Crippen LogP contribution in [-0.4, -0.2) is 45.4 Å². The molecule has 0 radical (unpaired) electrons. The summed E-state index contributed by atoms with van der Waals surface area (Å²) in [7, 11) is -3.84. The number of nitrogens with zero attached hydrogens (tertiary/aromatic N) is 1. The molecule has 0 aromatic heterocycles. The highest BCUT2D eigenvalue weighted by molar-refractivity contribution is 7.89. The number of rotatable bonds is 4. The number of benzene rings is 2. The van der Waals surface area contributed by atoms with Crippen molar-refractivity contribution < 1.29 is 18.1 Å². The molecule has 0 atom stereocenters. The molecule has 1 aliphatic rings. The monoisotopic (exact) mass is 388 g/mol. The molecule has 2 aromatic rings. The van der Waals surface area contributed by atoms with E-state index in [0.717, 1.165) is 19.6 Å². The Kier molecular flexibility index (Phi) is 5.64. The van der Waals surface area contributed by atoms with Crippen molar-refractivity contribution in [2.45, 2.75) is 25.3 Å². The van der Waals surface area contributed by atoms with E-state index < -0.39 is 10.0 Å². The fourth-order valence-electron chi connectivity index (χ4n) is 3.50. The Hall–Kier alpha value is -2.22. The third-order valence-electron chi connectivity index (χ3n) is 5.20. The number of nitrogens with two attached hydrogens (primary N) is 1. The largest absolute Gasteiger partial charge is 0.328 e. The van der Waals surface area contributed by atoms with Crippen molar-refractivity contribution >= 4 is 15.9 Å². The third-order valence-corrected chi connectivity index (χ3v) is 6.25. The van der Waals surface area contributed by atoms with Crippen LogP contribution in [0.25, 0.3) is 0 Å². The molecule has 7 heteroatoms. The van der Waals surface area contributed by atoms with Crippen molar-refractivity contribution in [3.05, 3.63) is 64.7 Å². The first-order chi connectivity index (χ1) is 12.8. The van der Waals surface area contributed by atoms with Crippen molar-refractivity contribution in [3.8, 4) is 0 Å². The molecule has 1 fully saturated rings. The number of sulfonamides is 1. The minimum Gasteiger partial charge on any atom is -0.328 e. The van der Waals surface area contributed by atoms with E-state index in [9.17, 15) is 13.2 Å². The number of hydrogen-bond acceptors (Lipinski definition) is 3. The molecule has 144 valence electrons. The Bertz CT molecular complexity index is 949. The van der Waals surface area contributed by atoms with Gasteiger partial charge in [0.1, 0.15) is 6.54 Å². The molecule has 3 rings (SSSR count). The molecule has 1 saturated heterocycles. The summed E-state index contributed by atoms with van der Waals surface area (Å²) in [4.78, 5) is 16.0. The number of carbonyl (C=O) groups excluding carboxylic acids is 1. The van der Waals surface area contributed by atoms with Crippen molar-refractivity contribution in [3.63, 3.8) is 0 Å². The predicted molar refractivity (Wildman–Crippen MR) is 104 cm³/mol.